The summed E-state index contributed by atoms with van der Waals surface area (Å²) in [4.78, 5) is 8.02. The Morgan fingerprint density at radius 3 is 2.47 bits per heavy atom. The molecule has 0 saturated heterocycles. The highest BCUT2D eigenvalue weighted by Gasteiger charge is 2.09. The van der Waals surface area contributed by atoms with Gasteiger partial charge in [0.2, 0.25) is 11.8 Å². The maximum absolute atomic E-state index is 5.48. The minimum Gasteiger partial charge on any atom is -0.403 e. The molecule has 2 aromatic heterocycles. The normalized spacial score (nSPS) is 10.4. The molecule has 0 radical (unpaired) electrons. The first kappa shape index (κ1) is 11.8. The molecule has 0 spiro atoms. The summed E-state index contributed by atoms with van der Waals surface area (Å²) in [6, 6.07) is 9.58. The molecule has 2 heterocycles. The van der Waals surface area contributed by atoms with E-state index in [1.807, 2.05) is 24.3 Å². The summed E-state index contributed by atoms with van der Waals surface area (Å²) in [5, 5.41) is 10.7. The smallest absolute Gasteiger partial charge is 0.322 e. The van der Waals surface area contributed by atoms with Crippen molar-refractivity contribution in [2.75, 3.05) is 5.32 Å². The maximum atomic E-state index is 5.48. The second-order valence-electron chi connectivity index (χ2n) is 3.62. The monoisotopic (exact) mass is 317 g/mol. The molecule has 1 N–H and O–H groups in total. The molecule has 94 valence electrons. The van der Waals surface area contributed by atoms with E-state index in [2.05, 4.69) is 41.4 Å². The van der Waals surface area contributed by atoms with Crippen LogP contribution in [0, 0.1) is 0 Å². The first-order valence-electron chi connectivity index (χ1n) is 5.45. The van der Waals surface area contributed by atoms with Crippen molar-refractivity contribution in [3.63, 3.8) is 0 Å². The van der Waals surface area contributed by atoms with Crippen LogP contribution in [-0.4, -0.2) is 20.2 Å². The number of aromatic nitrogens is 4. The standard InChI is InChI=1S/C12H8BrN5O/c13-9-4-2-8(3-5-9)10-17-18-12(19-10)16-11-14-6-1-7-15-11/h1-7H,(H,14,15,16,18). The van der Waals surface area contributed by atoms with Crippen molar-refractivity contribution in [3.05, 3.63) is 47.2 Å². The van der Waals surface area contributed by atoms with Crippen LogP contribution in [-0.2, 0) is 0 Å². The van der Waals surface area contributed by atoms with Crippen LogP contribution in [0.2, 0.25) is 0 Å². The van der Waals surface area contributed by atoms with Gasteiger partial charge in [-0.2, -0.15) is 0 Å². The van der Waals surface area contributed by atoms with Crippen LogP contribution >= 0.6 is 15.9 Å². The third-order valence-electron chi connectivity index (χ3n) is 2.30. The zero-order valence-corrected chi connectivity index (χ0v) is 11.2. The number of benzene rings is 1. The average Bonchev–Trinajstić information content (AvgIpc) is 2.89. The Bertz CT molecular complexity index is 668. The van der Waals surface area contributed by atoms with E-state index in [4.69, 9.17) is 4.42 Å². The molecule has 19 heavy (non-hydrogen) atoms. The highest BCUT2D eigenvalue weighted by atomic mass is 79.9. The van der Waals surface area contributed by atoms with Crippen LogP contribution in [0.3, 0.4) is 0 Å². The number of hydrogen-bond donors (Lipinski definition) is 1. The summed E-state index contributed by atoms with van der Waals surface area (Å²) in [7, 11) is 0. The lowest BCUT2D eigenvalue weighted by Gasteiger charge is -1.97. The van der Waals surface area contributed by atoms with Crippen LogP contribution in [0.5, 0.6) is 0 Å². The summed E-state index contributed by atoms with van der Waals surface area (Å²) in [5.74, 6) is 0.847. The Morgan fingerprint density at radius 2 is 1.74 bits per heavy atom. The number of halogens is 1. The molecular weight excluding hydrogens is 310 g/mol. The second-order valence-corrected chi connectivity index (χ2v) is 4.53. The van der Waals surface area contributed by atoms with E-state index in [0.29, 0.717) is 11.8 Å². The first-order valence-corrected chi connectivity index (χ1v) is 6.24. The Morgan fingerprint density at radius 1 is 1.00 bits per heavy atom. The lowest BCUT2D eigenvalue weighted by atomic mass is 10.2. The van der Waals surface area contributed by atoms with Crippen molar-refractivity contribution in [1.82, 2.24) is 20.2 Å². The summed E-state index contributed by atoms with van der Waals surface area (Å²) in [6.45, 7) is 0. The Labute approximate surface area is 117 Å². The van der Waals surface area contributed by atoms with Gasteiger partial charge in [0.1, 0.15) is 0 Å². The molecule has 3 rings (SSSR count). The number of nitrogens with one attached hydrogen (secondary N) is 1. The van der Waals surface area contributed by atoms with Gasteiger partial charge in [0.15, 0.2) is 0 Å². The van der Waals surface area contributed by atoms with Crippen molar-refractivity contribution in [2.24, 2.45) is 0 Å². The van der Waals surface area contributed by atoms with E-state index < -0.39 is 0 Å². The minimum atomic E-state index is 0.254. The van der Waals surface area contributed by atoms with Crippen LogP contribution in [0.25, 0.3) is 11.5 Å². The maximum Gasteiger partial charge on any atom is 0.322 e. The third-order valence-corrected chi connectivity index (χ3v) is 2.83. The van der Waals surface area contributed by atoms with Crippen molar-refractivity contribution in [1.29, 1.82) is 0 Å². The summed E-state index contributed by atoms with van der Waals surface area (Å²) in [5.41, 5.74) is 0.845. The molecule has 0 aliphatic heterocycles. The number of hydrogen-bond acceptors (Lipinski definition) is 6. The van der Waals surface area contributed by atoms with Crippen molar-refractivity contribution < 1.29 is 4.42 Å². The Hall–Kier alpha value is -2.28. The number of anilines is 2. The second kappa shape index (κ2) is 5.15. The number of rotatable bonds is 3. The van der Waals surface area contributed by atoms with E-state index in [0.717, 1.165) is 10.0 Å². The van der Waals surface area contributed by atoms with E-state index in [-0.39, 0.29) is 6.01 Å². The summed E-state index contributed by atoms with van der Waals surface area (Å²) < 4.78 is 6.48. The van der Waals surface area contributed by atoms with Gasteiger partial charge in [-0.15, -0.1) is 5.10 Å². The summed E-state index contributed by atoms with van der Waals surface area (Å²) >= 11 is 3.37. The van der Waals surface area contributed by atoms with Gasteiger partial charge in [-0.25, -0.2) is 9.97 Å². The van der Waals surface area contributed by atoms with Crippen LogP contribution < -0.4 is 5.32 Å². The molecule has 0 aliphatic carbocycles. The van der Waals surface area contributed by atoms with E-state index in [9.17, 15) is 0 Å². The molecule has 0 aliphatic rings. The van der Waals surface area contributed by atoms with Crippen molar-refractivity contribution in [3.8, 4) is 11.5 Å². The average molecular weight is 318 g/mol. The quantitative estimate of drug-likeness (QED) is 0.800. The Kier molecular flexibility index (Phi) is 3.20. The van der Waals surface area contributed by atoms with Gasteiger partial charge in [0.25, 0.3) is 0 Å². The predicted octanol–water partition coefficient (Wildman–Crippen LogP) is 3.03. The van der Waals surface area contributed by atoms with Crippen molar-refractivity contribution in [2.45, 2.75) is 0 Å². The minimum absolute atomic E-state index is 0.254. The van der Waals surface area contributed by atoms with Gasteiger partial charge in [-0.1, -0.05) is 21.0 Å². The molecule has 0 amide bonds. The highest BCUT2D eigenvalue weighted by Crippen LogP contribution is 2.22. The molecule has 1 aromatic carbocycles. The molecular formula is C12H8BrN5O. The fourth-order valence-corrected chi connectivity index (χ4v) is 1.71. The molecule has 0 fully saturated rings. The molecule has 3 aromatic rings. The van der Waals surface area contributed by atoms with Gasteiger partial charge in [-0.05, 0) is 30.3 Å². The summed E-state index contributed by atoms with van der Waals surface area (Å²) in [6.07, 6.45) is 3.25. The fourth-order valence-electron chi connectivity index (χ4n) is 1.44. The lowest BCUT2D eigenvalue weighted by molar-refractivity contribution is 0.586. The molecule has 6 nitrogen and oxygen atoms in total. The molecule has 0 atom stereocenters. The van der Waals surface area contributed by atoms with Crippen LogP contribution in [0.4, 0.5) is 12.0 Å². The zero-order chi connectivity index (χ0) is 13.1. The van der Waals surface area contributed by atoms with Gasteiger partial charge in [-0.3, -0.25) is 5.32 Å². The van der Waals surface area contributed by atoms with Gasteiger partial charge in [0, 0.05) is 22.4 Å². The topological polar surface area (TPSA) is 76.7 Å². The molecule has 7 heteroatoms. The van der Waals surface area contributed by atoms with Gasteiger partial charge >= 0.3 is 6.01 Å². The van der Waals surface area contributed by atoms with E-state index >= 15 is 0 Å². The van der Waals surface area contributed by atoms with Gasteiger partial charge in [0.05, 0.1) is 0 Å². The third kappa shape index (κ3) is 2.76. The largest absolute Gasteiger partial charge is 0.403 e. The van der Waals surface area contributed by atoms with E-state index in [1.165, 1.54) is 0 Å². The SMILES string of the molecule is Brc1ccc(-c2nnc(Nc3ncccn3)o2)cc1. The Balaban J connectivity index is 1.82. The predicted molar refractivity (Wildman–Crippen MR) is 72.7 cm³/mol. The molecule has 0 saturated carbocycles. The molecule has 0 bridgehead atoms. The fraction of sp³-hybridized carbons (Fsp3) is 0. The first-order chi connectivity index (χ1) is 9.31. The number of nitrogens with zero attached hydrogens (tertiary/aromatic N) is 4. The van der Waals surface area contributed by atoms with Crippen LogP contribution in [0.1, 0.15) is 0 Å². The van der Waals surface area contributed by atoms with Crippen LogP contribution in [0.15, 0.2) is 51.6 Å². The van der Waals surface area contributed by atoms with Gasteiger partial charge < -0.3 is 4.42 Å². The van der Waals surface area contributed by atoms with Crippen molar-refractivity contribution >= 4 is 27.9 Å². The zero-order valence-electron chi connectivity index (χ0n) is 9.62. The lowest BCUT2D eigenvalue weighted by Crippen LogP contribution is -1.95. The molecule has 0 unspecified atom stereocenters. The van der Waals surface area contributed by atoms with E-state index in [1.54, 1.807) is 18.5 Å². The highest BCUT2D eigenvalue weighted by molar-refractivity contribution is 9.10.